The number of benzene rings is 3. The smallest absolute Gasteiger partial charge is 0.261 e. The standard InChI is InChI=1S/C26H22N4O2/c1-18-7-5-6-10-22(18)26(31)30-17-28-24(23-15-16-27-25(23)30)29-19-11-13-21(14-12-19)32-20-8-3-2-4-9-20/h2-16,27H,17H2,1H3,(H,28,29). The van der Waals surface area contributed by atoms with Crippen molar-refractivity contribution < 1.29 is 9.53 Å². The number of nitrogens with one attached hydrogen (secondary N) is 2. The topological polar surface area (TPSA) is 69.7 Å². The van der Waals surface area contributed by atoms with E-state index in [4.69, 9.17) is 4.74 Å². The molecule has 1 aliphatic rings. The van der Waals surface area contributed by atoms with Crippen molar-refractivity contribution in [2.24, 2.45) is 4.99 Å². The minimum absolute atomic E-state index is 0.0722. The first-order chi connectivity index (χ1) is 15.7. The number of ether oxygens (including phenoxy) is 1. The molecule has 1 aromatic heterocycles. The molecule has 0 saturated carbocycles. The van der Waals surface area contributed by atoms with Gasteiger partial charge in [-0.1, -0.05) is 36.4 Å². The van der Waals surface area contributed by atoms with Crippen LogP contribution in [0.25, 0.3) is 0 Å². The highest BCUT2D eigenvalue weighted by molar-refractivity contribution is 6.17. The maximum atomic E-state index is 13.1. The summed E-state index contributed by atoms with van der Waals surface area (Å²) in [6.45, 7) is 2.17. The van der Waals surface area contributed by atoms with Crippen LogP contribution in [0.15, 0.2) is 96.1 Å². The molecule has 5 rings (SSSR count). The van der Waals surface area contributed by atoms with Gasteiger partial charge in [-0.3, -0.25) is 9.69 Å². The first-order valence-electron chi connectivity index (χ1n) is 10.4. The van der Waals surface area contributed by atoms with Gasteiger partial charge in [-0.05, 0) is 61.0 Å². The molecule has 2 N–H and O–H groups in total. The Morgan fingerprint density at radius 3 is 2.44 bits per heavy atom. The second kappa shape index (κ2) is 8.43. The zero-order chi connectivity index (χ0) is 21.9. The van der Waals surface area contributed by atoms with Crippen molar-refractivity contribution in [2.75, 3.05) is 16.9 Å². The monoisotopic (exact) mass is 422 g/mol. The fourth-order valence-corrected chi connectivity index (χ4v) is 3.67. The predicted molar refractivity (Wildman–Crippen MR) is 127 cm³/mol. The molecule has 0 atom stereocenters. The second-order valence-corrected chi connectivity index (χ2v) is 7.50. The summed E-state index contributed by atoms with van der Waals surface area (Å²) >= 11 is 0. The second-order valence-electron chi connectivity index (χ2n) is 7.50. The Balaban J connectivity index is 1.33. The maximum absolute atomic E-state index is 13.1. The van der Waals surface area contributed by atoms with E-state index in [0.29, 0.717) is 11.4 Å². The molecule has 0 bridgehead atoms. The number of nitrogens with zero attached hydrogens (tertiary/aromatic N) is 2. The van der Waals surface area contributed by atoms with Crippen molar-refractivity contribution >= 4 is 23.2 Å². The molecule has 3 aromatic carbocycles. The van der Waals surface area contributed by atoms with E-state index in [9.17, 15) is 4.79 Å². The summed E-state index contributed by atoms with van der Waals surface area (Å²) in [6, 6.07) is 26.9. The van der Waals surface area contributed by atoms with Crippen molar-refractivity contribution in [2.45, 2.75) is 6.92 Å². The van der Waals surface area contributed by atoms with E-state index in [0.717, 1.165) is 34.1 Å². The molecule has 1 aliphatic heterocycles. The van der Waals surface area contributed by atoms with E-state index in [1.165, 1.54) is 0 Å². The summed E-state index contributed by atoms with van der Waals surface area (Å²) < 4.78 is 5.85. The van der Waals surface area contributed by atoms with Gasteiger partial charge in [0.1, 0.15) is 29.8 Å². The van der Waals surface area contributed by atoms with Gasteiger partial charge in [-0.15, -0.1) is 0 Å². The SMILES string of the molecule is Cc1ccccc1C(=O)N1CN=C(Nc2ccc(Oc3ccccc3)cc2)c2cc[nH]c21. The number of carbonyl (C=O) groups excluding carboxylic acids is 1. The first kappa shape index (κ1) is 19.6. The van der Waals surface area contributed by atoms with Crippen LogP contribution in [-0.2, 0) is 0 Å². The van der Waals surface area contributed by atoms with E-state index >= 15 is 0 Å². The van der Waals surface area contributed by atoms with Crippen LogP contribution < -0.4 is 15.0 Å². The third-order valence-corrected chi connectivity index (χ3v) is 5.34. The predicted octanol–water partition coefficient (Wildman–Crippen LogP) is 5.59. The molecule has 6 nitrogen and oxygen atoms in total. The Labute approximate surface area is 186 Å². The molecule has 0 radical (unpaired) electrons. The van der Waals surface area contributed by atoms with Crippen molar-refractivity contribution in [3.8, 4) is 11.5 Å². The Morgan fingerprint density at radius 1 is 0.938 bits per heavy atom. The molecule has 4 aromatic rings. The van der Waals surface area contributed by atoms with E-state index in [1.54, 1.807) is 4.90 Å². The number of anilines is 2. The molecule has 158 valence electrons. The van der Waals surface area contributed by atoms with Crippen LogP contribution in [-0.4, -0.2) is 23.4 Å². The van der Waals surface area contributed by atoms with Gasteiger partial charge in [0.15, 0.2) is 0 Å². The van der Waals surface area contributed by atoms with Crippen LogP contribution in [0.3, 0.4) is 0 Å². The number of fused-ring (bicyclic) bond motifs is 1. The summed E-state index contributed by atoms with van der Waals surface area (Å²) in [6.07, 6.45) is 1.82. The normalized spacial score (nSPS) is 12.7. The molecule has 0 saturated heterocycles. The van der Waals surface area contributed by atoms with Crippen LogP contribution in [0, 0.1) is 6.92 Å². The fourth-order valence-electron chi connectivity index (χ4n) is 3.67. The molecule has 2 heterocycles. The zero-order valence-corrected chi connectivity index (χ0v) is 17.6. The molecule has 0 unspecified atom stereocenters. The van der Waals surface area contributed by atoms with Gasteiger partial charge < -0.3 is 15.0 Å². The molecule has 32 heavy (non-hydrogen) atoms. The highest BCUT2D eigenvalue weighted by Crippen LogP contribution is 2.28. The largest absolute Gasteiger partial charge is 0.457 e. The van der Waals surface area contributed by atoms with E-state index in [2.05, 4.69) is 15.3 Å². The average molecular weight is 422 g/mol. The number of aryl methyl sites for hydroxylation is 1. The molecule has 0 aliphatic carbocycles. The lowest BCUT2D eigenvalue weighted by atomic mass is 10.1. The third kappa shape index (κ3) is 3.86. The van der Waals surface area contributed by atoms with Crippen LogP contribution in [0.5, 0.6) is 11.5 Å². The van der Waals surface area contributed by atoms with Crippen LogP contribution >= 0.6 is 0 Å². The van der Waals surface area contributed by atoms with Gasteiger partial charge in [0.05, 0.1) is 5.56 Å². The van der Waals surface area contributed by atoms with Crippen molar-refractivity contribution in [3.63, 3.8) is 0 Å². The van der Waals surface area contributed by atoms with Gasteiger partial charge in [0, 0.05) is 17.4 Å². The van der Waals surface area contributed by atoms with Gasteiger partial charge in [-0.25, -0.2) is 4.99 Å². The number of hydrogen-bond acceptors (Lipinski definition) is 4. The van der Waals surface area contributed by atoms with Gasteiger partial charge in [0.25, 0.3) is 5.91 Å². The number of amides is 1. The van der Waals surface area contributed by atoms with Gasteiger partial charge >= 0.3 is 0 Å². The quantitative estimate of drug-likeness (QED) is 0.450. The molecule has 6 heteroatoms. The molecule has 0 spiro atoms. The van der Waals surface area contributed by atoms with Crippen molar-refractivity contribution in [1.29, 1.82) is 0 Å². The minimum Gasteiger partial charge on any atom is -0.457 e. The molecule has 0 fully saturated rings. The highest BCUT2D eigenvalue weighted by Gasteiger charge is 2.27. The van der Waals surface area contributed by atoms with E-state index in [-0.39, 0.29) is 12.6 Å². The zero-order valence-electron chi connectivity index (χ0n) is 17.6. The van der Waals surface area contributed by atoms with E-state index < -0.39 is 0 Å². The van der Waals surface area contributed by atoms with Crippen LogP contribution in [0.2, 0.25) is 0 Å². The lowest BCUT2D eigenvalue weighted by Gasteiger charge is -2.26. The van der Waals surface area contributed by atoms with E-state index in [1.807, 2.05) is 98.0 Å². The third-order valence-electron chi connectivity index (χ3n) is 5.34. The number of H-pyrrole nitrogens is 1. The summed E-state index contributed by atoms with van der Waals surface area (Å²) in [5, 5.41) is 3.36. The number of hydrogen-bond donors (Lipinski definition) is 2. The highest BCUT2D eigenvalue weighted by atomic mass is 16.5. The Kier molecular flexibility index (Phi) is 5.17. The van der Waals surface area contributed by atoms with Crippen LogP contribution in [0.1, 0.15) is 21.5 Å². The number of carbonyl (C=O) groups is 1. The van der Waals surface area contributed by atoms with Gasteiger partial charge in [0.2, 0.25) is 0 Å². The average Bonchev–Trinajstić information content (AvgIpc) is 3.32. The number of aromatic nitrogens is 1. The fraction of sp³-hybridized carbons (Fsp3) is 0.0769. The minimum atomic E-state index is -0.0722. The van der Waals surface area contributed by atoms with Crippen molar-refractivity contribution in [1.82, 2.24) is 4.98 Å². The number of aliphatic imine (C=N–C) groups is 1. The Bertz CT molecular complexity index is 1280. The Hall–Kier alpha value is -4.32. The maximum Gasteiger partial charge on any atom is 0.261 e. The summed E-state index contributed by atoms with van der Waals surface area (Å²) in [7, 11) is 0. The number of rotatable bonds is 4. The lowest BCUT2D eigenvalue weighted by molar-refractivity contribution is 0.0986. The van der Waals surface area contributed by atoms with Crippen LogP contribution in [0.4, 0.5) is 11.5 Å². The lowest BCUT2D eigenvalue weighted by Crippen LogP contribution is -2.37. The Morgan fingerprint density at radius 2 is 1.66 bits per heavy atom. The molecular formula is C26H22N4O2. The molecular weight excluding hydrogens is 400 g/mol. The summed E-state index contributed by atoms with van der Waals surface area (Å²) in [4.78, 5) is 22.6. The van der Waals surface area contributed by atoms with Gasteiger partial charge in [-0.2, -0.15) is 0 Å². The first-order valence-corrected chi connectivity index (χ1v) is 10.4. The molecule has 1 amide bonds. The number of para-hydroxylation sites is 1. The number of aromatic amines is 1. The number of amidine groups is 1. The summed E-state index contributed by atoms with van der Waals surface area (Å²) in [5.74, 6) is 2.92. The summed E-state index contributed by atoms with van der Waals surface area (Å²) in [5.41, 5.74) is 3.35. The van der Waals surface area contributed by atoms with Crippen molar-refractivity contribution in [3.05, 3.63) is 108 Å².